The Morgan fingerprint density at radius 2 is 1.94 bits per heavy atom. The van der Waals surface area contributed by atoms with Gasteiger partial charge in [-0.25, -0.2) is 9.97 Å². The molecule has 9 nitrogen and oxygen atoms in total. The summed E-state index contributed by atoms with van der Waals surface area (Å²) in [6.07, 6.45) is 3.24. The second-order valence-corrected chi connectivity index (χ2v) is 8.71. The Morgan fingerprint density at radius 1 is 1.12 bits per heavy atom. The molecular weight excluding hydrogens is 428 g/mol. The van der Waals surface area contributed by atoms with E-state index >= 15 is 0 Å². The van der Waals surface area contributed by atoms with Crippen LogP contribution in [0.5, 0.6) is 0 Å². The highest BCUT2D eigenvalue weighted by Crippen LogP contribution is 2.26. The number of imide groups is 1. The predicted molar refractivity (Wildman–Crippen MR) is 121 cm³/mol. The molecule has 0 spiro atoms. The van der Waals surface area contributed by atoms with Crippen molar-refractivity contribution in [3.8, 4) is 5.69 Å². The van der Waals surface area contributed by atoms with Crippen LogP contribution < -0.4 is 5.32 Å². The molecule has 1 N–H and O–H groups in total. The average molecular weight is 449 g/mol. The van der Waals surface area contributed by atoms with Crippen molar-refractivity contribution in [3.05, 3.63) is 58.9 Å². The van der Waals surface area contributed by atoms with Crippen molar-refractivity contribution in [2.45, 2.75) is 0 Å². The summed E-state index contributed by atoms with van der Waals surface area (Å²) in [5.74, 6) is -0.415. The van der Waals surface area contributed by atoms with Gasteiger partial charge in [0, 0.05) is 37.4 Å². The normalized spacial score (nSPS) is 18.5. The lowest BCUT2D eigenvalue weighted by molar-refractivity contribution is -0.115. The maximum atomic E-state index is 13.0. The second kappa shape index (κ2) is 8.21. The number of nitrogens with zero attached hydrogens (tertiary/aromatic N) is 5. The topological polar surface area (TPSA) is 100 Å². The van der Waals surface area contributed by atoms with Crippen LogP contribution in [0.15, 0.2) is 47.6 Å². The molecule has 2 aromatic heterocycles. The third kappa shape index (κ3) is 3.90. The maximum absolute atomic E-state index is 13.0. The molecule has 2 saturated heterocycles. The van der Waals surface area contributed by atoms with Crippen molar-refractivity contribution in [2.75, 3.05) is 33.2 Å². The Labute approximate surface area is 188 Å². The first-order chi connectivity index (χ1) is 15.5. The fourth-order valence-electron chi connectivity index (χ4n) is 3.71. The molecule has 32 heavy (non-hydrogen) atoms. The summed E-state index contributed by atoms with van der Waals surface area (Å²) in [6, 6.07) is 11.0. The lowest BCUT2D eigenvalue weighted by Crippen LogP contribution is -2.47. The zero-order valence-corrected chi connectivity index (χ0v) is 18.1. The van der Waals surface area contributed by atoms with Crippen LogP contribution in [0.2, 0.25) is 0 Å². The van der Waals surface area contributed by atoms with Crippen molar-refractivity contribution in [3.63, 3.8) is 0 Å². The van der Waals surface area contributed by atoms with E-state index in [2.05, 4.69) is 27.2 Å². The summed E-state index contributed by atoms with van der Waals surface area (Å²) in [5, 5.41) is 1.84. The highest BCUT2D eigenvalue weighted by Gasteiger charge is 2.25. The molecular formula is C22H20N6O3S. The van der Waals surface area contributed by atoms with Gasteiger partial charge in [-0.2, -0.15) is 0 Å². The van der Waals surface area contributed by atoms with Crippen LogP contribution in [0.25, 0.3) is 22.9 Å². The lowest BCUT2D eigenvalue weighted by Gasteiger charge is -2.32. The van der Waals surface area contributed by atoms with Crippen LogP contribution in [0.1, 0.15) is 16.1 Å². The van der Waals surface area contributed by atoms with Crippen LogP contribution in [0, 0.1) is 0 Å². The number of pyridine rings is 1. The average Bonchev–Trinajstić information content (AvgIpc) is 3.35. The van der Waals surface area contributed by atoms with E-state index in [4.69, 9.17) is 0 Å². The molecule has 0 unspecified atom stereocenters. The van der Waals surface area contributed by atoms with E-state index in [-0.39, 0.29) is 5.91 Å². The van der Waals surface area contributed by atoms with Gasteiger partial charge in [-0.05, 0) is 55.2 Å². The molecule has 5 rings (SSSR count). The molecule has 162 valence electrons. The molecule has 10 heteroatoms. The van der Waals surface area contributed by atoms with E-state index in [1.807, 2.05) is 39.8 Å². The highest BCUT2D eigenvalue weighted by atomic mass is 32.2. The smallest absolute Gasteiger partial charge is 0.290 e. The zero-order valence-electron chi connectivity index (χ0n) is 17.3. The number of hydrogen-bond donors (Lipinski definition) is 1. The Hall–Kier alpha value is -3.50. The van der Waals surface area contributed by atoms with E-state index in [0.717, 1.165) is 30.5 Å². The molecule has 2 fully saturated rings. The fourth-order valence-corrected chi connectivity index (χ4v) is 4.38. The van der Waals surface area contributed by atoms with Crippen molar-refractivity contribution in [2.24, 2.45) is 0 Å². The molecule has 4 heterocycles. The SMILES string of the molecule is CN1CCN(C(=O)c2cccc(-n3cnc4ccc(C=C5SC(=O)NC5=O)nc43)c2)CC1. The van der Waals surface area contributed by atoms with Gasteiger partial charge < -0.3 is 9.80 Å². The number of thioether (sulfide) groups is 1. The summed E-state index contributed by atoms with van der Waals surface area (Å²) in [6.45, 7) is 3.14. The minimum Gasteiger partial charge on any atom is -0.336 e. The molecule has 0 aliphatic carbocycles. The number of benzene rings is 1. The third-order valence-corrected chi connectivity index (χ3v) is 6.31. The van der Waals surface area contributed by atoms with Crippen LogP contribution >= 0.6 is 11.8 Å². The van der Waals surface area contributed by atoms with Crippen molar-refractivity contribution >= 4 is 46.1 Å². The summed E-state index contributed by atoms with van der Waals surface area (Å²) >= 11 is 0.849. The number of fused-ring (bicyclic) bond motifs is 1. The van der Waals surface area contributed by atoms with E-state index in [0.29, 0.717) is 40.4 Å². The number of amides is 3. The Kier molecular flexibility index (Phi) is 5.24. The van der Waals surface area contributed by atoms with E-state index in [1.54, 1.807) is 18.5 Å². The molecule has 3 aromatic rings. The first-order valence-electron chi connectivity index (χ1n) is 10.2. The highest BCUT2D eigenvalue weighted by molar-refractivity contribution is 8.18. The number of likely N-dealkylation sites (N-methyl/N-ethyl adjacent to an activating group) is 1. The first kappa shape index (κ1) is 20.4. The fraction of sp³-hybridized carbons (Fsp3) is 0.227. The van der Waals surface area contributed by atoms with Gasteiger partial charge in [-0.1, -0.05) is 6.07 Å². The van der Waals surface area contributed by atoms with E-state index < -0.39 is 11.1 Å². The van der Waals surface area contributed by atoms with Crippen LogP contribution in [-0.4, -0.2) is 74.6 Å². The zero-order chi connectivity index (χ0) is 22.2. The van der Waals surface area contributed by atoms with Gasteiger partial charge in [0.2, 0.25) is 0 Å². The van der Waals surface area contributed by atoms with E-state index in [1.165, 1.54) is 0 Å². The van der Waals surface area contributed by atoms with Crippen molar-refractivity contribution in [1.29, 1.82) is 0 Å². The molecule has 0 atom stereocenters. The molecule has 2 aliphatic rings. The Morgan fingerprint density at radius 3 is 2.69 bits per heavy atom. The second-order valence-electron chi connectivity index (χ2n) is 7.69. The van der Waals surface area contributed by atoms with Crippen LogP contribution in [0.4, 0.5) is 4.79 Å². The molecule has 2 aliphatic heterocycles. The van der Waals surface area contributed by atoms with Crippen molar-refractivity contribution in [1.82, 2.24) is 29.7 Å². The van der Waals surface area contributed by atoms with Crippen LogP contribution in [-0.2, 0) is 4.79 Å². The van der Waals surface area contributed by atoms with Gasteiger partial charge in [-0.3, -0.25) is 24.3 Å². The molecule has 3 amide bonds. The minimum atomic E-state index is -0.425. The first-order valence-corrected chi connectivity index (χ1v) is 11.0. The number of rotatable bonds is 3. The molecule has 0 bridgehead atoms. The summed E-state index contributed by atoms with van der Waals surface area (Å²) in [7, 11) is 2.06. The summed E-state index contributed by atoms with van der Waals surface area (Å²) < 4.78 is 1.81. The quantitative estimate of drug-likeness (QED) is 0.613. The van der Waals surface area contributed by atoms with Gasteiger partial charge in [0.1, 0.15) is 11.8 Å². The van der Waals surface area contributed by atoms with E-state index in [9.17, 15) is 14.4 Å². The molecule has 1 aromatic carbocycles. The maximum Gasteiger partial charge on any atom is 0.290 e. The van der Waals surface area contributed by atoms with Crippen LogP contribution in [0.3, 0.4) is 0 Å². The molecule has 0 saturated carbocycles. The predicted octanol–water partition coefficient (Wildman–Crippen LogP) is 2.13. The largest absolute Gasteiger partial charge is 0.336 e. The number of carbonyl (C=O) groups excluding carboxylic acids is 3. The number of hydrogen-bond acceptors (Lipinski definition) is 7. The van der Waals surface area contributed by atoms with Crippen molar-refractivity contribution < 1.29 is 14.4 Å². The standard InChI is InChI=1S/C22H20N6O3S/c1-26-7-9-27(10-8-26)21(30)14-3-2-4-16(11-14)28-13-23-17-6-5-15(24-19(17)28)12-18-20(29)25-22(31)32-18/h2-6,11-13H,7-10H2,1H3,(H,25,29,31). The van der Waals surface area contributed by atoms with Gasteiger partial charge in [0.25, 0.3) is 17.1 Å². The number of carbonyl (C=O) groups is 3. The minimum absolute atomic E-state index is 0.0108. The third-order valence-electron chi connectivity index (χ3n) is 5.50. The number of aromatic nitrogens is 3. The summed E-state index contributed by atoms with van der Waals surface area (Å²) in [5.41, 5.74) is 3.20. The number of imidazole rings is 1. The lowest BCUT2D eigenvalue weighted by atomic mass is 10.1. The monoisotopic (exact) mass is 448 g/mol. The van der Waals surface area contributed by atoms with Gasteiger partial charge in [0.15, 0.2) is 5.65 Å². The van der Waals surface area contributed by atoms with Gasteiger partial charge >= 0.3 is 0 Å². The Bertz CT molecular complexity index is 1280. The van der Waals surface area contributed by atoms with Gasteiger partial charge in [-0.15, -0.1) is 0 Å². The Balaban J connectivity index is 1.47. The summed E-state index contributed by atoms with van der Waals surface area (Å²) in [4.78, 5) is 49.6. The van der Waals surface area contributed by atoms with Gasteiger partial charge in [0.05, 0.1) is 10.6 Å². The molecule has 0 radical (unpaired) electrons. The number of piperazine rings is 1. The number of nitrogens with one attached hydrogen (secondary N) is 1.